The number of imide groups is 1. The molecule has 1 saturated heterocycles. The number of nitrogens with zero attached hydrogens (tertiary/aromatic N) is 2. The molecule has 1 aliphatic rings. The second-order valence-corrected chi connectivity index (χ2v) is 3.89. The Morgan fingerprint density at radius 1 is 1.26 bits per heavy atom. The van der Waals surface area contributed by atoms with Gasteiger partial charge in [0.15, 0.2) is 0 Å². The molecule has 1 heterocycles. The first kappa shape index (κ1) is 12.7. The number of aromatic carboxylic acids is 1. The number of amides is 2. The first-order valence-corrected chi connectivity index (χ1v) is 5.29. The van der Waals surface area contributed by atoms with Gasteiger partial charge in [-0.25, -0.2) is 9.69 Å². The van der Waals surface area contributed by atoms with Crippen molar-refractivity contribution in [3.8, 4) is 0 Å². The van der Waals surface area contributed by atoms with Crippen LogP contribution in [0.3, 0.4) is 0 Å². The van der Waals surface area contributed by atoms with E-state index < -0.39 is 34.0 Å². The molecule has 0 aliphatic carbocycles. The highest BCUT2D eigenvalue weighted by Crippen LogP contribution is 2.29. The molecule has 1 aliphatic heterocycles. The number of rotatable bonds is 3. The Kier molecular flexibility index (Phi) is 2.99. The molecule has 1 fully saturated rings. The predicted octanol–water partition coefficient (Wildman–Crippen LogP) is 0.946. The monoisotopic (exact) mass is 264 g/mol. The van der Waals surface area contributed by atoms with E-state index in [0.29, 0.717) is 0 Å². The summed E-state index contributed by atoms with van der Waals surface area (Å²) in [6, 6.07) is 2.99. The average Bonchev–Trinajstić information content (AvgIpc) is 2.68. The Labute approximate surface area is 106 Å². The quantitative estimate of drug-likeness (QED) is 0.493. The third-order valence-electron chi connectivity index (χ3n) is 2.71. The maximum atomic E-state index is 11.6. The van der Waals surface area contributed by atoms with E-state index in [0.717, 1.165) is 23.1 Å². The van der Waals surface area contributed by atoms with Crippen LogP contribution in [-0.2, 0) is 9.59 Å². The third-order valence-corrected chi connectivity index (χ3v) is 2.71. The standard InChI is InChI=1S/C11H8N2O6/c14-9-3-4-10(15)12(9)8-2-1-6(13(18)19)5-7(8)11(16)17/h1-2,5H,3-4H2,(H,16,17). The number of carbonyl (C=O) groups excluding carboxylic acids is 2. The van der Waals surface area contributed by atoms with Crippen molar-refractivity contribution in [3.63, 3.8) is 0 Å². The maximum absolute atomic E-state index is 11.6. The number of carboxylic acid groups (broad SMARTS) is 1. The highest BCUT2D eigenvalue weighted by Gasteiger charge is 2.33. The molecule has 0 spiro atoms. The van der Waals surface area contributed by atoms with E-state index in [-0.39, 0.29) is 18.5 Å². The molecule has 0 atom stereocenters. The van der Waals surface area contributed by atoms with E-state index >= 15 is 0 Å². The zero-order valence-electron chi connectivity index (χ0n) is 9.53. The summed E-state index contributed by atoms with van der Waals surface area (Å²) in [6.45, 7) is 0. The fraction of sp³-hybridized carbons (Fsp3) is 0.182. The molecular weight excluding hydrogens is 256 g/mol. The van der Waals surface area contributed by atoms with Crippen LogP contribution in [0.4, 0.5) is 11.4 Å². The highest BCUT2D eigenvalue weighted by molar-refractivity contribution is 6.21. The fourth-order valence-corrected chi connectivity index (χ4v) is 1.85. The number of carboxylic acids is 1. The average molecular weight is 264 g/mol. The van der Waals surface area contributed by atoms with Crippen LogP contribution < -0.4 is 4.90 Å². The second kappa shape index (κ2) is 4.48. The van der Waals surface area contributed by atoms with Crippen molar-refractivity contribution in [1.29, 1.82) is 0 Å². The summed E-state index contributed by atoms with van der Waals surface area (Å²) in [6.07, 6.45) is 0.0176. The number of hydrogen-bond acceptors (Lipinski definition) is 5. The van der Waals surface area contributed by atoms with E-state index in [1.54, 1.807) is 0 Å². The van der Waals surface area contributed by atoms with Gasteiger partial charge in [0.2, 0.25) is 11.8 Å². The minimum Gasteiger partial charge on any atom is -0.478 e. The third kappa shape index (κ3) is 2.15. The van der Waals surface area contributed by atoms with Gasteiger partial charge in [0.25, 0.3) is 5.69 Å². The van der Waals surface area contributed by atoms with Gasteiger partial charge >= 0.3 is 5.97 Å². The smallest absolute Gasteiger partial charge is 0.338 e. The Morgan fingerprint density at radius 3 is 2.32 bits per heavy atom. The molecule has 0 unspecified atom stereocenters. The molecule has 1 aromatic rings. The van der Waals surface area contributed by atoms with Gasteiger partial charge in [-0.1, -0.05) is 0 Å². The van der Waals surface area contributed by atoms with Crippen LogP contribution >= 0.6 is 0 Å². The lowest BCUT2D eigenvalue weighted by atomic mass is 10.1. The first-order valence-electron chi connectivity index (χ1n) is 5.29. The van der Waals surface area contributed by atoms with E-state index in [1.165, 1.54) is 0 Å². The Bertz CT molecular complexity index is 593. The van der Waals surface area contributed by atoms with Gasteiger partial charge in [-0.05, 0) is 6.07 Å². The Morgan fingerprint density at radius 2 is 1.84 bits per heavy atom. The molecule has 8 heteroatoms. The highest BCUT2D eigenvalue weighted by atomic mass is 16.6. The van der Waals surface area contributed by atoms with Crippen LogP contribution in [0.5, 0.6) is 0 Å². The van der Waals surface area contributed by atoms with Gasteiger partial charge in [-0.3, -0.25) is 19.7 Å². The molecule has 0 saturated carbocycles. The summed E-state index contributed by atoms with van der Waals surface area (Å²) in [5, 5.41) is 19.6. The molecule has 98 valence electrons. The molecule has 8 nitrogen and oxygen atoms in total. The summed E-state index contributed by atoms with van der Waals surface area (Å²) in [5.41, 5.74) is -0.997. The molecule has 0 aromatic heterocycles. The van der Waals surface area contributed by atoms with Crippen LogP contribution in [0, 0.1) is 10.1 Å². The zero-order valence-corrected chi connectivity index (χ0v) is 9.53. The van der Waals surface area contributed by atoms with Gasteiger partial charge in [0, 0.05) is 25.0 Å². The van der Waals surface area contributed by atoms with Crippen molar-refractivity contribution < 1.29 is 24.4 Å². The van der Waals surface area contributed by atoms with Crippen LogP contribution in [-0.4, -0.2) is 27.8 Å². The Hall–Kier alpha value is -2.77. The summed E-state index contributed by atoms with van der Waals surface area (Å²) in [5.74, 6) is -2.46. The second-order valence-electron chi connectivity index (χ2n) is 3.89. The number of hydrogen-bond donors (Lipinski definition) is 1. The van der Waals surface area contributed by atoms with E-state index in [1.807, 2.05) is 0 Å². The molecule has 0 radical (unpaired) electrons. The normalized spacial score (nSPS) is 14.8. The summed E-state index contributed by atoms with van der Waals surface area (Å²) >= 11 is 0. The van der Waals surface area contributed by atoms with Crippen LogP contribution in [0.15, 0.2) is 18.2 Å². The number of nitro benzene ring substituents is 1. The lowest BCUT2D eigenvalue weighted by molar-refractivity contribution is -0.384. The molecule has 2 rings (SSSR count). The van der Waals surface area contributed by atoms with Gasteiger partial charge < -0.3 is 5.11 Å². The van der Waals surface area contributed by atoms with E-state index in [9.17, 15) is 24.5 Å². The molecule has 19 heavy (non-hydrogen) atoms. The molecule has 1 N–H and O–H groups in total. The number of carbonyl (C=O) groups is 3. The van der Waals surface area contributed by atoms with Crippen molar-refractivity contribution >= 4 is 29.2 Å². The van der Waals surface area contributed by atoms with E-state index in [4.69, 9.17) is 5.11 Å². The number of anilines is 1. The molecule has 2 amide bonds. The van der Waals surface area contributed by atoms with Crippen molar-refractivity contribution in [3.05, 3.63) is 33.9 Å². The minimum absolute atomic E-state index is 0.00881. The number of benzene rings is 1. The van der Waals surface area contributed by atoms with Crippen LogP contribution in [0.1, 0.15) is 23.2 Å². The number of nitro groups is 1. The van der Waals surface area contributed by atoms with Crippen molar-refractivity contribution in [1.82, 2.24) is 0 Å². The molecule has 0 bridgehead atoms. The van der Waals surface area contributed by atoms with Crippen molar-refractivity contribution in [2.45, 2.75) is 12.8 Å². The van der Waals surface area contributed by atoms with Crippen molar-refractivity contribution in [2.75, 3.05) is 4.90 Å². The predicted molar refractivity (Wildman–Crippen MR) is 61.8 cm³/mol. The SMILES string of the molecule is O=C(O)c1cc([N+](=O)[O-])ccc1N1C(=O)CCC1=O. The van der Waals surface area contributed by atoms with Gasteiger partial charge in [0.1, 0.15) is 0 Å². The number of non-ortho nitro benzene ring substituents is 1. The van der Waals surface area contributed by atoms with Crippen molar-refractivity contribution in [2.24, 2.45) is 0 Å². The van der Waals surface area contributed by atoms with Crippen LogP contribution in [0.25, 0.3) is 0 Å². The summed E-state index contributed by atoms with van der Waals surface area (Å²) in [4.78, 5) is 44.8. The first-order chi connectivity index (χ1) is 8.91. The lowest BCUT2D eigenvalue weighted by Crippen LogP contribution is -2.30. The fourth-order valence-electron chi connectivity index (χ4n) is 1.85. The lowest BCUT2D eigenvalue weighted by Gasteiger charge is -2.15. The Balaban J connectivity index is 2.57. The zero-order chi connectivity index (χ0) is 14.2. The maximum Gasteiger partial charge on any atom is 0.338 e. The van der Waals surface area contributed by atoms with E-state index in [2.05, 4.69) is 0 Å². The van der Waals surface area contributed by atoms with Crippen LogP contribution in [0.2, 0.25) is 0 Å². The molecular formula is C11H8N2O6. The molecule has 1 aromatic carbocycles. The topological polar surface area (TPSA) is 118 Å². The van der Waals surface area contributed by atoms with Gasteiger partial charge in [-0.2, -0.15) is 0 Å². The largest absolute Gasteiger partial charge is 0.478 e. The summed E-state index contributed by atoms with van der Waals surface area (Å²) < 4.78 is 0. The van der Waals surface area contributed by atoms with Gasteiger partial charge in [0.05, 0.1) is 16.2 Å². The summed E-state index contributed by atoms with van der Waals surface area (Å²) in [7, 11) is 0. The van der Waals surface area contributed by atoms with Gasteiger partial charge in [-0.15, -0.1) is 0 Å². The minimum atomic E-state index is -1.44.